The SMILES string of the molecule is Cc1ccc(CN(CC(=O)O)C(=O)[C@@H](C)c2c(C)nn(C)c2C)cc1. The van der Waals surface area contributed by atoms with Crippen LogP contribution in [0.5, 0.6) is 0 Å². The van der Waals surface area contributed by atoms with Crippen LogP contribution in [0.1, 0.15) is 40.9 Å². The van der Waals surface area contributed by atoms with E-state index in [0.29, 0.717) is 0 Å². The first-order valence-corrected chi connectivity index (χ1v) is 8.27. The number of hydrogen-bond acceptors (Lipinski definition) is 3. The Hall–Kier alpha value is -2.63. The molecule has 0 unspecified atom stereocenters. The summed E-state index contributed by atoms with van der Waals surface area (Å²) in [5.74, 6) is -1.67. The third-order valence-electron chi connectivity index (χ3n) is 4.50. The zero-order chi connectivity index (χ0) is 18.7. The summed E-state index contributed by atoms with van der Waals surface area (Å²) in [6.07, 6.45) is 0. The molecule has 134 valence electrons. The Labute approximate surface area is 148 Å². The highest BCUT2D eigenvalue weighted by atomic mass is 16.4. The predicted octanol–water partition coefficient (Wildman–Crippen LogP) is 2.56. The van der Waals surface area contributed by atoms with Gasteiger partial charge in [-0.1, -0.05) is 29.8 Å². The van der Waals surface area contributed by atoms with Crippen molar-refractivity contribution in [2.75, 3.05) is 6.54 Å². The highest BCUT2D eigenvalue weighted by Gasteiger charge is 2.28. The summed E-state index contributed by atoms with van der Waals surface area (Å²) in [4.78, 5) is 25.6. The molecule has 1 atom stereocenters. The van der Waals surface area contributed by atoms with E-state index in [1.54, 1.807) is 4.68 Å². The fourth-order valence-electron chi connectivity index (χ4n) is 3.10. The van der Waals surface area contributed by atoms with Crippen molar-refractivity contribution in [1.82, 2.24) is 14.7 Å². The van der Waals surface area contributed by atoms with Crippen LogP contribution in [0.2, 0.25) is 0 Å². The number of carboxylic acid groups (broad SMARTS) is 1. The number of rotatable bonds is 6. The molecular weight excluding hydrogens is 318 g/mol. The number of hydrogen-bond donors (Lipinski definition) is 1. The minimum Gasteiger partial charge on any atom is -0.480 e. The fraction of sp³-hybridized carbons (Fsp3) is 0.421. The monoisotopic (exact) mass is 343 g/mol. The first kappa shape index (κ1) is 18.7. The van der Waals surface area contributed by atoms with Gasteiger partial charge in [0.25, 0.3) is 0 Å². The van der Waals surface area contributed by atoms with Crippen LogP contribution < -0.4 is 0 Å². The number of aliphatic carboxylic acids is 1. The summed E-state index contributed by atoms with van der Waals surface area (Å²) in [5.41, 5.74) is 4.61. The topological polar surface area (TPSA) is 75.4 Å². The third kappa shape index (κ3) is 4.26. The number of carbonyl (C=O) groups excluding carboxylic acids is 1. The second kappa shape index (κ2) is 7.51. The number of carbonyl (C=O) groups is 2. The number of nitrogens with zero attached hydrogens (tertiary/aromatic N) is 3. The summed E-state index contributed by atoms with van der Waals surface area (Å²) < 4.78 is 1.75. The van der Waals surface area contributed by atoms with Crippen molar-refractivity contribution in [2.24, 2.45) is 7.05 Å². The lowest BCUT2D eigenvalue weighted by atomic mass is 9.97. The minimum absolute atomic E-state index is 0.206. The van der Waals surface area contributed by atoms with Gasteiger partial charge < -0.3 is 10.0 Å². The van der Waals surface area contributed by atoms with Crippen molar-refractivity contribution in [1.29, 1.82) is 0 Å². The van der Waals surface area contributed by atoms with E-state index in [0.717, 1.165) is 28.1 Å². The van der Waals surface area contributed by atoms with Crippen LogP contribution in [0.15, 0.2) is 24.3 Å². The van der Waals surface area contributed by atoms with Gasteiger partial charge in [0.1, 0.15) is 6.54 Å². The molecule has 0 fully saturated rings. The maximum absolute atomic E-state index is 13.0. The maximum Gasteiger partial charge on any atom is 0.323 e. The average molecular weight is 343 g/mol. The average Bonchev–Trinajstić information content (AvgIpc) is 2.79. The molecule has 6 heteroatoms. The van der Waals surface area contributed by atoms with Gasteiger partial charge in [-0.25, -0.2) is 0 Å². The lowest BCUT2D eigenvalue weighted by molar-refractivity contribution is -0.145. The van der Waals surface area contributed by atoms with Crippen LogP contribution in [0.25, 0.3) is 0 Å². The van der Waals surface area contributed by atoms with Gasteiger partial charge >= 0.3 is 5.97 Å². The number of benzene rings is 1. The summed E-state index contributed by atoms with van der Waals surface area (Å²) >= 11 is 0. The number of amides is 1. The second-order valence-electron chi connectivity index (χ2n) is 6.50. The molecule has 1 aromatic heterocycles. The van der Waals surface area contributed by atoms with Gasteiger partial charge in [-0.15, -0.1) is 0 Å². The van der Waals surface area contributed by atoms with Crippen LogP contribution in [0.4, 0.5) is 0 Å². The van der Waals surface area contributed by atoms with E-state index in [-0.39, 0.29) is 19.0 Å². The van der Waals surface area contributed by atoms with Crippen LogP contribution in [0.3, 0.4) is 0 Å². The van der Waals surface area contributed by atoms with Crippen molar-refractivity contribution < 1.29 is 14.7 Å². The second-order valence-corrected chi connectivity index (χ2v) is 6.50. The van der Waals surface area contributed by atoms with Gasteiger partial charge in [0, 0.05) is 24.8 Å². The van der Waals surface area contributed by atoms with Crippen molar-refractivity contribution in [2.45, 2.75) is 40.2 Å². The van der Waals surface area contributed by atoms with Crippen molar-refractivity contribution in [3.8, 4) is 0 Å². The largest absolute Gasteiger partial charge is 0.480 e. The van der Waals surface area contributed by atoms with Gasteiger partial charge in [0.2, 0.25) is 5.91 Å². The normalized spacial score (nSPS) is 12.0. The van der Waals surface area contributed by atoms with E-state index < -0.39 is 11.9 Å². The summed E-state index contributed by atoms with van der Waals surface area (Å²) in [7, 11) is 1.84. The summed E-state index contributed by atoms with van der Waals surface area (Å²) in [5, 5.41) is 13.6. The molecule has 6 nitrogen and oxygen atoms in total. The molecule has 1 aromatic carbocycles. The van der Waals surface area contributed by atoms with Crippen LogP contribution in [0, 0.1) is 20.8 Å². The molecule has 1 amide bonds. The van der Waals surface area contributed by atoms with Crippen molar-refractivity contribution in [3.63, 3.8) is 0 Å². The van der Waals surface area contributed by atoms with E-state index in [4.69, 9.17) is 0 Å². The standard InChI is InChI=1S/C19H25N3O3/c1-12-6-8-16(9-7-12)10-22(11-17(23)24)19(25)13(2)18-14(3)20-21(5)15(18)4/h6-9,13H,10-11H2,1-5H3,(H,23,24)/t13-/m0/s1. The Morgan fingerprint density at radius 3 is 2.28 bits per heavy atom. The molecule has 1 heterocycles. The van der Waals surface area contributed by atoms with Crippen LogP contribution in [-0.4, -0.2) is 38.2 Å². The highest BCUT2D eigenvalue weighted by Crippen LogP contribution is 2.25. The Morgan fingerprint density at radius 2 is 1.80 bits per heavy atom. The van der Waals surface area contributed by atoms with E-state index in [2.05, 4.69) is 5.10 Å². The molecule has 0 saturated carbocycles. The molecule has 1 N–H and O–H groups in total. The number of aromatic nitrogens is 2. The molecule has 2 rings (SSSR count). The molecule has 2 aromatic rings. The first-order valence-electron chi connectivity index (χ1n) is 8.27. The Kier molecular flexibility index (Phi) is 5.62. The van der Waals surface area contributed by atoms with Gasteiger partial charge in [-0.05, 0) is 33.3 Å². The molecule has 0 spiro atoms. The molecule has 0 aliphatic heterocycles. The Bertz CT molecular complexity index is 778. The van der Waals surface area contributed by atoms with Gasteiger partial charge in [-0.2, -0.15) is 5.10 Å². The zero-order valence-corrected chi connectivity index (χ0v) is 15.4. The molecule has 0 radical (unpaired) electrons. The molecule has 0 aliphatic rings. The van der Waals surface area contributed by atoms with E-state index in [1.807, 2.05) is 59.0 Å². The zero-order valence-electron chi connectivity index (χ0n) is 15.4. The lowest BCUT2D eigenvalue weighted by Crippen LogP contribution is -2.38. The smallest absolute Gasteiger partial charge is 0.323 e. The van der Waals surface area contributed by atoms with E-state index in [1.165, 1.54) is 4.90 Å². The first-order chi connectivity index (χ1) is 11.7. The summed E-state index contributed by atoms with van der Waals surface area (Å²) in [6, 6.07) is 7.75. The lowest BCUT2D eigenvalue weighted by Gasteiger charge is -2.25. The quantitative estimate of drug-likeness (QED) is 0.875. The Morgan fingerprint density at radius 1 is 1.20 bits per heavy atom. The minimum atomic E-state index is -1.02. The molecular formula is C19H25N3O3. The molecule has 25 heavy (non-hydrogen) atoms. The fourth-order valence-corrected chi connectivity index (χ4v) is 3.10. The van der Waals surface area contributed by atoms with E-state index in [9.17, 15) is 14.7 Å². The predicted molar refractivity (Wildman–Crippen MR) is 95.3 cm³/mol. The van der Waals surface area contributed by atoms with Gasteiger partial charge in [0.15, 0.2) is 0 Å². The third-order valence-corrected chi connectivity index (χ3v) is 4.50. The number of aryl methyl sites for hydroxylation is 3. The molecule has 0 saturated heterocycles. The van der Waals surface area contributed by atoms with Crippen molar-refractivity contribution >= 4 is 11.9 Å². The molecule has 0 bridgehead atoms. The summed E-state index contributed by atoms with van der Waals surface area (Å²) in [6.45, 7) is 7.53. The van der Waals surface area contributed by atoms with Gasteiger partial charge in [-0.3, -0.25) is 14.3 Å². The number of carboxylic acids is 1. The maximum atomic E-state index is 13.0. The van der Waals surface area contributed by atoms with Crippen LogP contribution in [-0.2, 0) is 23.2 Å². The van der Waals surface area contributed by atoms with E-state index >= 15 is 0 Å². The van der Waals surface area contributed by atoms with Crippen molar-refractivity contribution in [3.05, 3.63) is 52.3 Å². The highest BCUT2D eigenvalue weighted by molar-refractivity contribution is 5.86. The van der Waals surface area contributed by atoms with Crippen LogP contribution >= 0.6 is 0 Å². The Balaban J connectivity index is 2.28. The molecule has 0 aliphatic carbocycles. The van der Waals surface area contributed by atoms with Gasteiger partial charge in [0.05, 0.1) is 11.6 Å².